The number of benzene rings is 2. The standard InChI is InChI=1S/C18H21N3O5S/c1-26-16-5-3-4-14(12-16)18(23)20-11-10-19-17(22)13-6-8-15(9-7-13)21-27(2,24)25/h3-9,12,21H,10-11H2,1-2H3,(H,19,22)(H,20,23). The van der Waals surface area contributed by atoms with Crippen molar-refractivity contribution in [2.24, 2.45) is 0 Å². The lowest BCUT2D eigenvalue weighted by molar-refractivity contribution is 0.0927. The summed E-state index contributed by atoms with van der Waals surface area (Å²) in [5.74, 6) is 0.000601. The van der Waals surface area contributed by atoms with Crippen molar-refractivity contribution in [2.75, 3.05) is 31.2 Å². The zero-order valence-electron chi connectivity index (χ0n) is 15.0. The second-order valence-corrected chi connectivity index (χ2v) is 7.44. The third-order valence-corrected chi connectivity index (χ3v) is 4.08. The van der Waals surface area contributed by atoms with Gasteiger partial charge in [0, 0.05) is 29.9 Å². The first kappa shape index (κ1) is 20.2. The third-order valence-electron chi connectivity index (χ3n) is 3.48. The van der Waals surface area contributed by atoms with Crippen LogP contribution in [0, 0.1) is 0 Å². The molecule has 0 aliphatic rings. The molecule has 0 bridgehead atoms. The summed E-state index contributed by atoms with van der Waals surface area (Å²) in [6.45, 7) is 0.507. The van der Waals surface area contributed by atoms with Crippen molar-refractivity contribution in [2.45, 2.75) is 0 Å². The van der Waals surface area contributed by atoms with Gasteiger partial charge in [-0.2, -0.15) is 0 Å². The molecule has 0 saturated carbocycles. The minimum absolute atomic E-state index is 0.248. The van der Waals surface area contributed by atoms with Gasteiger partial charge in [0.25, 0.3) is 11.8 Å². The van der Waals surface area contributed by atoms with E-state index in [1.54, 1.807) is 24.3 Å². The average Bonchev–Trinajstić information content (AvgIpc) is 2.64. The van der Waals surface area contributed by atoms with E-state index in [1.807, 2.05) is 0 Å². The van der Waals surface area contributed by atoms with Crippen LogP contribution in [0.4, 0.5) is 5.69 Å². The van der Waals surface area contributed by atoms with Crippen LogP contribution < -0.4 is 20.1 Å². The summed E-state index contributed by atoms with van der Waals surface area (Å²) >= 11 is 0. The Labute approximate surface area is 158 Å². The van der Waals surface area contributed by atoms with Crippen molar-refractivity contribution in [3.63, 3.8) is 0 Å². The highest BCUT2D eigenvalue weighted by Crippen LogP contribution is 2.12. The summed E-state index contributed by atoms with van der Waals surface area (Å²) in [4.78, 5) is 24.1. The fraction of sp³-hybridized carbons (Fsp3) is 0.222. The van der Waals surface area contributed by atoms with Crippen molar-refractivity contribution < 1.29 is 22.7 Å². The highest BCUT2D eigenvalue weighted by molar-refractivity contribution is 7.92. The van der Waals surface area contributed by atoms with E-state index in [-0.39, 0.29) is 24.9 Å². The van der Waals surface area contributed by atoms with Crippen LogP contribution in [0.2, 0.25) is 0 Å². The Balaban J connectivity index is 1.79. The van der Waals surface area contributed by atoms with Gasteiger partial charge in [-0.15, -0.1) is 0 Å². The number of ether oxygens (including phenoxy) is 1. The molecule has 0 radical (unpaired) electrons. The van der Waals surface area contributed by atoms with Gasteiger partial charge < -0.3 is 15.4 Å². The molecule has 3 N–H and O–H groups in total. The molecule has 0 atom stereocenters. The van der Waals surface area contributed by atoms with E-state index in [9.17, 15) is 18.0 Å². The summed E-state index contributed by atoms with van der Waals surface area (Å²) in [7, 11) is -1.84. The van der Waals surface area contributed by atoms with Crippen LogP contribution in [0.3, 0.4) is 0 Å². The van der Waals surface area contributed by atoms with Gasteiger partial charge in [0.1, 0.15) is 5.75 Å². The molecule has 0 aromatic heterocycles. The van der Waals surface area contributed by atoms with Gasteiger partial charge in [-0.1, -0.05) is 6.07 Å². The first-order valence-corrected chi connectivity index (χ1v) is 9.96. The third kappa shape index (κ3) is 6.63. The van der Waals surface area contributed by atoms with Crippen LogP contribution in [-0.4, -0.2) is 46.7 Å². The fourth-order valence-electron chi connectivity index (χ4n) is 2.22. The van der Waals surface area contributed by atoms with Gasteiger partial charge in [0.2, 0.25) is 10.0 Å². The number of rotatable bonds is 8. The second kappa shape index (κ2) is 9.04. The van der Waals surface area contributed by atoms with Crippen molar-refractivity contribution >= 4 is 27.5 Å². The van der Waals surface area contributed by atoms with Crippen molar-refractivity contribution in [1.82, 2.24) is 10.6 Å². The SMILES string of the molecule is COc1cccc(C(=O)NCCNC(=O)c2ccc(NS(C)(=O)=O)cc2)c1. The number of amides is 2. The number of methoxy groups -OCH3 is 1. The van der Waals surface area contributed by atoms with Crippen molar-refractivity contribution in [3.05, 3.63) is 59.7 Å². The van der Waals surface area contributed by atoms with Crippen LogP contribution in [0.1, 0.15) is 20.7 Å². The Morgan fingerprint density at radius 2 is 1.52 bits per heavy atom. The molecule has 0 aliphatic carbocycles. The Bertz CT molecular complexity index is 911. The van der Waals surface area contributed by atoms with Crippen molar-refractivity contribution in [1.29, 1.82) is 0 Å². The maximum atomic E-state index is 12.1. The summed E-state index contributed by atoms with van der Waals surface area (Å²) in [6.07, 6.45) is 1.05. The van der Waals surface area contributed by atoms with Crippen LogP contribution in [0.15, 0.2) is 48.5 Å². The maximum Gasteiger partial charge on any atom is 0.251 e. The molecule has 0 saturated heterocycles. The van der Waals surface area contributed by atoms with E-state index < -0.39 is 10.0 Å². The van der Waals surface area contributed by atoms with Gasteiger partial charge in [-0.05, 0) is 42.5 Å². The van der Waals surface area contributed by atoms with E-state index in [0.717, 1.165) is 6.26 Å². The van der Waals surface area contributed by atoms with E-state index in [0.29, 0.717) is 22.6 Å². The monoisotopic (exact) mass is 391 g/mol. The summed E-state index contributed by atoms with van der Waals surface area (Å²) in [5.41, 5.74) is 1.22. The van der Waals surface area contributed by atoms with Gasteiger partial charge in [-0.25, -0.2) is 8.42 Å². The molecule has 8 nitrogen and oxygen atoms in total. The molecule has 0 unspecified atom stereocenters. The lowest BCUT2D eigenvalue weighted by Gasteiger charge is -2.09. The van der Waals surface area contributed by atoms with Crippen LogP contribution in [0.25, 0.3) is 0 Å². The number of anilines is 1. The second-order valence-electron chi connectivity index (χ2n) is 5.70. The Morgan fingerprint density at radius 3 is 2.07 bits per heavy atom. The van der Waals surface area contributed by atoms with Crippen molar-refractivity contribution in [3.8, 4) is 5.75 Å². The number of nitrogens with one attached hydrogen (secondary N) is 3. The molecule has 2 aromatic rings. The lowest BCUT2D eigenvalue weighted by atomic mass is 10.2. The maximum absolute atomic E-state index is 12.1. The van der Waals surface area contributed by atoms with Gasteiger partial charge >= 0.3 is 0 Å². The predicted molar refractivity (Wildman–Crippen MR) is 103 cm³/mol. The van der Waals surface area contributed by atoms with E-state index in [2.05, 4.69) is 15.4 Å². The Hall–Kier alpha value is -3.07. The summed E-state index contributed by atoms with van der Waals surface area (Å²) in [6, 6.07) is 12.8. The van der Waals surface area contributed by atoms with Crippen LogP contribution >= 0.6 is 0 Å². The molecule has 2 aromatic carbocycles. The number of hydrogen-bond acceptors (Lipinski definition) is 5. The van der Waals surface area contributed by atoms with Crippen LogP contribution in [-0.2, 0) is 10.0 Å². The predicted octanol–water partition coefficient (Wildman–Crippen LogP) is 1.23. The molecule has 9 heteroatoms. The number of carbonyl (C=O) groups excluding carboxylic acids is 2. The van der Waals surface area contributed by atoms with Crippen LogP contribution in [0.5, 0.6) is 5.75 Å². The molecule has 0 fully saturated rings. The van der Waals surface area contributed by atoms with E-state index >= 15 is 0 Å². The molecule has 2 rings (SSSR count). The zero-order chi connectivity index (χ0) is 19.9. The van der Waals surface area contributed by atoms with E-state index in [1.165, 1.54) is 31.4 Å². The smallest absolute Gasteiger partial charge is 0.251 e. The van der Waals surface area contributed by atoms with E-state index in [4.69, 9.17) is 4.74 Å². The highest BCUT2D eigenvalue weighted by Gasteiger charge is 2.08. The summed E-state index contributed by atoms with van der Waals surface area (Å²) in [5, 5.41) is 5.39. The fourth-order valence-corrected chi connectivity index (χ4v) is 2.79. The minimum atomic E-state index is -3.36. The quantitative estimate of drug-likeness (QED) is 0.586. The molecule has 27 heavy (non-hydrogen) atoms. The molecule has 144 valence electrons. The first-order chi connectivity index (χ1) is 12.8. The van der Waals surface area contributed by atoms with Gasteiger partial charge in [0.05, 0.1) is 13.4 Å². The summed E-state index contributed by atoms with van der Waals surface area (Å²) < 4.78 is 29.7. The Morgan fingerprint density at radius 1 is 0.926 bits per heavy atom. The molecule has 0 aliphatic heterocycles. The average molecular weight is 391 g/mol. The highest BCUT2D eigenvalue weighted by atomic mass is 32.2. The largest absolute Gasteiger partial charge is 0.497 e. The number of hydrogen-bond donors (Lipinski definition) is 3. The van der Waals surface area contributed by atoms with Gasteiger partial charge in [-0.3, -0.25) is 14.3 Å². The molecule has 0 heterocycles. The topological polar surface area (TPSA) is 114 Å². The molecule has 2 amide bonds. The first-order valence-electron chi connectivity index (χ1n) is 8.07. The molecular formula is C18H21N3O5S. The number of carbonyl (C=O) groups is 2. The molecular weight excluding hydrogens is 370 g/mol. The Kier molecular flexibility index (Phi) is 6.78. The van der Waals surface area contributed by atoms with Gasteiger partial charge in [0.15, 0.2) is 0 Å². The minimum Gasteiger partial charge on any atom is -0.497 e. The lowest BCUT2D eigenvalue weighted by Crippen LogP contribution is -2.34. The normalized spacial score (nSPS) is 10.7. The zero-order valence-corrected chi connectivity index (χ0v) is 15.8. The molecule has 0 spiro atoms. The number of sulfonamides is 1.